The molecule has 150 valence electrons. The minimum atomic E-state index is -0.431. The molecule has 2 aromatic carbocycles. The van der Waals surface area contributed by atoms with E-state index in [1.54, 1.807) is 12.1 Å². The van der Waals surface area contributed by atoms with Gasteiger partial charge in [0.2, 0.25) is 5.91 Å². The van der Waals surface area contributed by atoms with Crippen LogP contribution in [-0.2, 0) is 9.59 Å². The van der Waals surface area contributed by atoms with Crippen LogP contribution in [0.2, 0.25) is 0 Å². The summed E-state index contributed by atoms with van der Waals surface area (Å²) in [7, 11) is 0. The predicted octanol–water partition coefficient (Wildman–Crippen LogP) is 3.24. The Balaban J connectivity index is 1.49. The van der Waals surface area contributed by atoms with Crippen LogP contribution < -0.4 is 21.3 Å². The van der Waals surface area contributed by atoms with Crippen LogP contribution in [0.4, 0.5) is 21.5 Å². The van der Waals surface area contributed by atoms with Gasteiger partial charge in [0, 0.05) is 42.1 Å². The first-order chi connectivity index (χ1) is 13.9. The van der Waals surface area contributed by atoms with Crippen molar-refractivity contribution in [1.29, 1.82) is 0 Å². The molecule has 0 spiro atoms. The first kappa shape index (κ1) is 19.0. The molecule has 2 aliphatic rings. The molecule has 0 aliphatic carbocycles. The summed E-state index contributed by atoms with van der Waals surface area (Å²) in [6.07, 6.45) is 3.07. The number of nitrogens with two attached hydrogens (primary N) is 1. The van der Waals surface area contributed by atoms with E-state index in [4.69, 9.17) is 5.73 Å². The molecule has 4 N–H and O–H groups in total. The number of anilines is 3. The zero-order valence-electron chi connectivity index (χ0n) is 16.2. The lowest BCUT2D eigenvalue weighted by Gasteiger charge is -2.33. The summed E-state index contributed by atoms with van der Waals surface area (Å²) in [5, 5.41) is 5.78. The lowest BCUT2D eigenvalue weighted by Crippen LogP contribution is -2.38. The van der Waals surface area contributed by atoms with Crippen molar-refractivity contribution in [3.63, 3.8) is 0 Å². The first-order valence-electron chi connectivity index (χ1n) is 9.66. The van der Waals surface area contributed by atoms with E-state index in [0.29, 0.717) is 5.69 Å². The standard InChI is InChI=1S/C22H23FN4O2/c1-13-11-15(5-6-19(13)27-9-7-14(8-10-27)21(24)28)25-12-16-20-17(23)3-2-4-18(20)26-22(16)29/h2-6,11-12,14,25H,7-10H2,1H3,(H2,24,28)(H,26,29)/b16-12-. The second-order valence-corrected chi connectivity index (χ2v) is 7.48. The molecule has 4 rings (SSSR count). The molecule has 2 aliphatic heterocycles. The number of hydrogen-bond donors (Lipinski definition) is 3. The lowest BCUT2D eigenvalue weighted by molar-refractivity contribution is -0.122. The monoisotopic (exact) mass is 394 g/mol. The Morgan fingerprint density at radius 3 is 2.72 bits per heavy atom. The number of amides is 2. The van der Waals surface area contributed by atoms with Crippen molar-refractivity contribution in [2.45, 2.75) is 19.8 Å². The average molecular weight is 394 g/mol. The summed E-state index contributed by atoms with van der Waals surface area (Å²) in [6, 6.07) is 10.5. The smallest absolute Gasteiger partial charge is 0.257 e. The fraction of sp³-hybridized carbons (Fsp3) is 0.273. The van der Waals surface area contributed by atoms with Gasteiger partial charge in [-0.05, 0) is 55.7 Å². The Morgan fingerprint density at radius 1 is 1.28 bits per heavy atom. The fourth-order valence-electron chi connectivity index (χ4n) is 4.00. The van der Waals surface area contributed by atoms with Crippen molar-refractivity contribution in [1.82, 2.24) is 0 Å². The zero-order chi connectivity index (χ0) is 20.5. The van der Waals surface area contributed by atoms with Gasteiger partial charge in [-0.25, -0.2) is 4.39 Å². The second-order valence-electron chi connectivity index (χ2n) is 7.48. The van der Waals surface area contributed by atoms with Crippen molar-refractivity contribution in [2.75, 3.05) is 28.6 Å². The highest BCUT2D eigenvalue weighted by Crippen LogP contribution is 2.34. The number of nitrogens with zero attached hydrogens (tertiary/aromatic N) is 1. The molecule has 6 nitrogen and oxygen atoms in total. The summed E-state index contributed by atoms with van der Waals surface area (Å²) in [4.78, 5) is 25.8. The molecule has 0 unspecified atom stereocenters. The van der Waals surface area contributed by atoms with Gasteiger partial charge >= 0.3 is 0 Å². The van der Waals surface area contributed by atoms with Crippen LogP contribution in [0.1, 0.15) is 24.0 Å². The number of piperidine rings is 1. The number of carbonyl (C=O) groups excluding carboxylic acids is 2. The van der Waals surface area contributed by atoms with Crippen LogP contribution in [0, 0.1) is 18.7 Å². The average Bonchev–Trinajstić information content (AvgIpc) is 3.03. The van der Waals surface area contributed by atoms with Crippen molar-refractivity contribution in [3.05, 3.63) is 59.5 Å². The minimum Gasteiger partial charge on any atom is -0.371 e. The Morgan fingerprint density at radius 2 is 2.03 bits per heavy atom. The lowest BCUT2D eigenvalue weighted by atomic mass is 9.95. The van der Waals surface area contributed by atoms with Crippen LogP contribution in [0.15, 0.2) is 42.6 Å². The second kappa shape index (κ2) is 7.58. The highest BCUT2D eigenvalue weighted by molar-refractivity contribution is 6.31. The molecule has 1 fully saturated rings. The molecular weight excluding hydrogens is 371 g/mol. The summed E-state index contributed by atoms with van der Waals surface area (Å²) in [5.74, 6) is -1.02. The quantitative estimate of drug-likeness (QED) is 0.695. The third-order valence-corrected chi connectivity index (χ3v) is 5.59. The van der Waals surface area contributed by atoms with Crippen molar-refractivity contribution >= 4 is 34.4 Å². The zero-order valence-corrected chi connectivity index (χ0v) is 16.2. The number of primary amides is 1. The molecule has 1 saturated heterocycles. The minimum absolute atomic E-state index is 0.0417. The number of aryl methyl sites for hydroxylation is 1. The van der Waals surface area contributed by atoms with Gasteiger partial charge in [0.15, 0.2) is 0 Å². The third kappa shape index (κ3) is 3.68. The highest BCUT2D eigenvalue weighted by atomic mass is 19.1. The summed E-state index contributed by atoms with van der Waals surface area (Å²) < 4.78 is 14.1. The maximum atomic E-state index is 14.1. The SMILES string of the molecule is Cc1cc(N/C=C2\C(=O)Nc3cccc(F)c32)ccc1N1CCC(C(N)=O)CC1. The maximum Gasteiger partial charge on any atom is 0.257 e. The number of nitrogens with one attached hydrogen (secondary N) is 2. The topological polar surface area (TPSA) is 87.5 Å². The van der Waals surface area contributed by atoms with Crippen molar-refractivity contribution < 1.29 is 14.0 Å². The van der Waals surface area contributed by atoms with Crippen LogP contribution in [0.25, 0.3) is 5.57 Å². The van der Waals surface area contributed by atoms with E-state index in [1.807, 2.05) is 25.1 Å². The van der Waals surface area contributed by atoms with Gasteiger partial charge in [-0.3, -0.25) is 9.59 Å². The molecular formula is C22H23FN4O2. The molecule has 0 saturated carbocycles. The summed E-state index contributed by atoms with van der Waals surface area (Å²) in [6.45, 7) is 3.61. The van der Waals surface area contributed by atoms with E-state index in [2.05, 4.69) is 15.5 Å². The molecule has 0 radical (unpaired) electrons. The number of halogens is 1. The number of benzene rings is 2. The Bertz CT molecular complexity index is 1010. The van der Waals surface area contributed by atoms with Gasteiger partial charge in [0.25, 0.3) is 5.91 Å². The van der Waals surface area contributed by atoms with Crippen LogP contribution in [0.3, 0.4) is 0 Å². The van der Waals surface area contributed by atoms with Gasteiger partial charge in [0.05, 0.1) is 11.3 Å². The van der Waals surface area contributed by atoms with Crippen LogP contribution in [0.5, 0.6) is 0 Å². The van der Waals surface area contributed by atoms with E-state index in [9.17, 15) is 14.0 Å². The number of hydrogen-bond acceptors (Lipinski definition) is 4. The van der Waals surface area contributed by atoms with E-state index in [-0.39, 0.29) is 28.9 Å². The summed E-state index contributed by atoms with van der Waals surface area (Å²) in [5.41, 5.74) is 9.45. The van der Waals surface area contributed by atoms with Gasteiger partial charge < -0.3 is 21.3 Å². The molecule has 29 heavy (non-hydrogen) atoms. The highest BCUT2D eigenvalue weighted by Gasteiger charge is 2.27. The van der Waals surface area contributed by atoms with E-state index in [1.165, 1.54) is 12.3 Å². The van der Waals surface area contributed by atoms with E-state index >= 15 is 0 Å². The summed E-state index contributed by atoms with van der Waals surface area (Å²) >= 11 is 0. The van der Waals surface area contributed by atoms with Gasteiger partial charge in [-0.1, -0.05) is 6.07 Å². The van der Waals surface area contributed by atoms with E-state index in [0.717, 1.165) is 42.9 Å². The normalized spacial score (nSPS) is 17.9. The number of carbonyl (C=O) groups is 2. The van der Waals surface area contributed by atoms with Crippen LogP contribution >= 0.6 is 0 Å². The van der Waals surface area contributed by atoms with Crippen molar-refractivity contribution in [3.8, 4) is 0 Å². The fourth-order valence-corrected chi connectivity index (χ4v) is 4.00. The maximum absolute atomic E-state index is 14.1. The largest absolute Gasteiger partial charge is 0.371 e. The Kier molecular flexibility index (Phi) is 4.96. The van der Waals surface area contributed by atoms with Crippen LogP contribution in [-0.4, -0.2) is 24.9 Å². The number of rotatable bonds is 4. The van der Waals surface area contributed by atoms with Gasteiger partial charge in [-0.2, -0.15) is 0 Å². The van der Waals surface area contributed by atoms with Crippen molar-refractivity contribution in [2.24, 2.45) is 11.7 Å². The Hall–Kier alpha value is -3.35. The Labute approximate surface area is 168 Å². The molecule has 0 bridgehead atoms. The molecule has 0 atom stereocenters. The van der Waals surface area contributed by atoms with Gasteiger partial charge in [-0.15, -0.1) is 0 Å². The molecule has 2 heterocycles. The molecule has 0 aromatic heterocycles. The van der Waals surface area contributed by atoms with Gasteiger partial charge in [0.1, 0.15) is 5.82 Å². The molecule has 7 heteroatoms. The predicted molar refractivity (Wildman–Crippen MR) is 112 cm³/mol. The molecule has 2 aromatic rings. The van der Waals surface area contributed by atoms with E-state index < -0.39 is 5.82 Å². The first-order valence-corrected chi connectivity index (χ1v) is 9.66. The third-order valence-electron chi connectivity index (χ3n) is 5.59. The number of fused-ring (bicyclic) bond motifs is 1. The molecule has 2 amide bonds.